The first-order valence-corrected chi connectivity index (χ1v) is 5.26. The van der Waals surface area contributed by atoms with Gasteiger partial charge in [-0.3, -0.25) is 4.79 Å². The van der Waals surface area contributed by atoms with Crippen molar-refractivity contribution < 1.29 is 9.90 Å². The molecule has 90 valence electrons. The fraction of sp³-hybridized carbons (Fsp3) is 0.364. The van der Waals surface area contributed by atoms with Crippen LogP contribution in [0.5, 0.6) is 0 Å². The molecule has 2 aromatic rings. The number of carbonyl (C=O) groups is 1. The van der Waals surface area contributed by atoms with E-state index in [0.29, 0.717) is 5.82 Å². The van der Waals surface area contributed by atoms with Crippen LogP contribution in [0.4, 0.5) is 5.82 Å². The lowest BCUT2D eigenvalue weighted by atomic mass is 10.0. The number of nitrogens with zero attached hydrogens (tertiary/aromatic N) is 3. The molecule has 2 N–H and O–H groups in total. The summed E-state index contributed by atoms with van der Waals surface area (Å²) in [5.41, 5.74) is 0.260. The molecule has 0 fully saturated rings. The summed E-state index contributed by atoms with van der Waals surface area (Å²) >= 11 is 0. The second-order valence-electron chi connectivity index (χ2n) is 4.52. The molecular weight excluding hydrogens is 220 g/mol. The summed E-state index contributed by atoms with van der Waals surface area (Å²) in [6, 6.07) is 1.83. The molecule has 0 radical (unpaired) electrons. The highest BCUT2D eigenvalue weighted by atomic mass is 16.4. The maximum atomic E-state index is 10.7. The van der Waals surface area contributed by atoms with Gasteiger partial charge in [-0.15, -0.1) is 0 Å². The van der Waals surface area contributed by atoms with Gasteiger partial charge in [-0.1, -0.05) is 0 Å². The Morgan fingerprint density at radius 3 is 3.00 bits per heavy atom. The molecule has 0 amide bonds. The van der Waals surface area contributed by atoms with Crippen molar-refractivity contribution in [2.24, 2.45) is 0 Å². The number of carboxylic acid groups (broad SMARTS) is 1. The number of carboxylic acids is 1. The van der Waals surface area contributed by atoms with E-state index in [1.54, 1.807) is 23.1 Å². The van der Waals surface area contributed by atoms with Gasteiger partial charge in [-0.25, -0.2) is 9.50 Å². The van der Waals surface area contributed by atoms with Gasteiger partial charge in [-0.05, 0) is 19.9 Å². The minimum absolute atomic E-state index is 0.0177. The first kappa shape index (κ1) is 11.4. The van der Waals surface area contributed by atoms with Crippen LogP contribution < -0.4 is 5.32 Å². The van der Waals surface area contributed by atoms with Gasteiger partial charge in [0.1, 0.15) is 5.52 Å². The van der Waals surface area contributed by atoms with E-state index < -0.39 is 11.5 Å². The first-order valence-electron chi connectivity index (χ1n) is 5.26. The maximum absolute atomic E-state index is 10.7. The van der Waals surface area contributed by atoms with E-state index in [1.165, 1.54) is 0 Å². The highest BCUT2D eigenvalue weighted by Crippen LogP contribution is 2.20. The Morgan fingerprint density at radius 1 is 1.53 bits per heavy atom. The van der Waals surface area contributed by atoms with Crippen molar-refractivity contribution in [3.63, 3.8) is 0 Å². The minimum atomic E-state index is -0.844. The SMILES string of the molecule is CC(C)(CC(=O)O)Nc1nccn2nccc12. The Hall–Kier alpha value is -2.11. The van der Waals surface area contributed by atoms with E-state index >= 15 is 0 Å². The zero-order valence-corrected chi connectivity index (χ0v) is 9.71. The van der Waals surface area contributed by atoms with Crippen molar-refractivity contribution >= 4 is 17.3 Å². The lowest BCUT2D eigenvalue weighted by Gasteiger charge is -2.25. The van der Waals surface area contributed by atoms with Gasteiger partial charge in [0.25, 0.3) is 0 Å². The van der Waals surface area contributed by atoms with E-state index in [0.717, 1.165) is 5.52 Å². The van der Waals surface area contributed by atoms with Crippen LogP contribution in [0.25, 0.3) is 5.52 Å². The molecule has 0 aliphatic rings. The van der Waals surface area contributed by atoms with Crippen molar-refractivity contribution in [3.05, 3.63) is 24.7 Å². The highest BCUT2D eigenvalue weighted by Gasteiger charge is 2.22. The smallest absolute Gasteiger partial charge is 0.305 e. The van der Waals surface area contributed by atoms with Crippen LogP contribution in [0.2, 0.25) is 0 Å². The van der Waals surface area contributed by atoms with Crippen LogP contribution in [-0.4, -0.2) is 31.2 Å². The van der Waals surface area contributed by atoms with Crippen LogP contribution in [0.1, 0.15) is 20.3 Å². The number of hydrogen-bond acceptors (Lipinski definition) is 4. The van der Waals surface area contributed by atoms with Crippen LogP contribution in [0.3, 0.4) is 0 Å². The van der Waals surface area contributed by atoms with Crippen LogP contribution in [-0.2, 0) is 4.79 Å². The van der Waals surface area contributed by atoms with Gasteiger partial charge in [-0.2, -0.15) is 5.10 Å². The third kappa shape index (κ3) is 2.52. The second-order valence-corrected chi connectivity index (χ2v) is 4.52. The number of anilines is 1. The standard InChI is InChI=1S/C11H14N4O2/c1-11(2,7-9(16)17)14-10-8-3-4-13-15(8)6-5-12-10/h3-6H,7H2,1-2H3,(H,12,14)(H,16,17). The van der Waals surface area contributed by atoms with Crippen molar-refractivity contribution in [2.45, 2.75) is 25.8 Å². The normalized spacial score (nSPS) is 11.6. The van der Waals surface area contributed by atoms with Crippen molar-refractivity contribution in [2.75, 3.05) is 5.32 Å². The molecule has 0 aromatic carbocycles. The lowest BCUT2D eigenvalue weighted by molar-refractivity contribution is -0.137. The second kappa shape index (κ2) is 4.04. The predicted molar refractivity (Wildman–Crippen MR) is 62.9 cm³/mol. The number of nitrogens with one attached hydrogen (secondary N) is 1. The zero-order chi connectivity index (χ0) is 12.5. The average molecular weight is 234 g/mol. The third-order valence-corrected chi connectivity index (χ3v) is 2.37. The Balaban J connectivity index is 2.29. The summed E-state index contributed by atoms with van der Waals surface area (Å²) in [6.45, 7) is 3.64. The van der Waals surface area contributed by atoms with Crippen molar-refractivity contribution in [1.82, 2.24) is 14.6 Å². The summed E-state index contributed by atoms with van der Waals surface area (Å²) in [5, 5.41) is 16.0. The molecule has 2 aromatic heterocycles. The fourth-order valence-electron chi connectivity index (χ4n) is 1.70. The van der Waals surface area contributed by atoms with E-state index in [9.17, 15) is 4.79 Å². The number of rotatable bonds is 4. The van der Waals surface area contributed by atoms with Crippen LogP contribution in [0, 0.1) is 0 Å². The molecule has 6 heteroatoms. The summed E-state index contributed by atoms with van der Waals surface area (Å²) in [6.07, 6.45) is 5.06. The van der Waals surface area contributed by atoms with Gasteiger partial charge in [0.15, 0.2) is 5.82 Å². The fourth-order valence-corrected chi connectivity index (χ4v) is 1.70. The Kier molecular flexibility index (Phi) is 2.71. The van der Waals surface area contributed by atoms with Crippen molar-refractivity contribution in [3.8, 4) is 0 Å². The zero-order valence-electron chi connectivity index (χ0n) is 9.71. The Bertz CT molecular complexity index is 547. The highest BCUT2D eigenvalue weighted by molar-refractivity contribution is 5.71. The molecule has 2 rings (SSSR count). The molecule has 0 bridgehead atoms. The summed E-state index contributed by atoms with van der Waals surface area (Å²) < 4.78 is 1.69. The van der Waals surface area contributed by atoms with Crippen LogP contribution >= 0.6 is 0 Å². The quantitative estimate of drug-likeness (QED) is 0.835. The number of aliphatic carboxylic acids is 1. The predicted octanol–water partition coefficient (Wildman–Crippen LogP) is 1.39. The number of hydrogen-bond donors (Lipinski definition) is 2. The molecule has 0 aliphatic heterocycles. The van der Waals surface area contributed by atoms with Gasteiger partial charge in [0, 0.05) is 17.9 Å². The van der Waals surface area contributed by atoms with E-state index in [4.69, 9.17) is 5.11 Å². The van der Waals surface area contributed by atoms with Crippen molar-refractivity contribution in [1.29, 1.82) is 0 Å². The molecule has 0 unspecified atom stereocenters. The number of fused-ring (bicyclic) bond motifs is 1. The minimum Gasteiger partial charge on any atom is -0.481 e. The lowest BCUT2D eigenvalue weighted by Crippen LogP contribution is -2.34. The molecule has 2 heterocycles. The van der Waals surface area contributed by atoms with Gasteiger partial charge < -0.3 is 10.4 Å². The molecule has 17 heavy (non-hydrogen) atoms. The van der Waals surface area contributed by atoms with E-state index in [2.05, 4.69) is 15.4 Å². The molecule has 0 saturated carbocycles. The van der Waals surface area contributed by atoms with Crippen LogP contribution in [0.15, 0.2) is 24.7 Å². The van der Waals surface area contributed by atoms with E-state index in [1.807, 2.05) is 19.9 Å². The molecule has 0 spiro atoms. The molecule has 0 atom stereocenters. The van der Waals surface area contributed by atoms with Gasteiger partial charge in [0.05, 0.1) is 12.6 Å². The van der Waals surface area contributed by atoms with Gasteiger partial charge >= 0.3 is 5.97 Å². The first-order chi connectivity index (χ1) is 7.98. The third-order valence-electron chi connectivity index (χ3n) is 2.37. The monoisotopic (exact) mass is 234 g/mol. The largest absolute Gasteiger partial charge is 0.481 e. The number of aromatic nitrogens is 3. The Labute approximate surface area is 98.3 Å². The molecule has 6 nitrogen and oxygen atoms in total. The molecule has 0 aliphatic carbocycles. The van der Waals surface area contributed by atoms with E-state index in [-0.39, 0.29) is 6.42 Å². The summed E-state index contributed by atoms with van der Waals surface area (Å²) in [7, 11) is 0. The summed E-state index contributed by atoms with van der Waals surface area (Å²) in [5.74, 6) is -0.209. The maximum Gasteiger partial charge on any atom is 0.305 e. The molecule has 0 saturated heterocycles. The topological polar surface area (TPSA) is 79.5 Å². The molecular formula is C11H14N4O2. The Morgan fingerprint density at radius 2 is 2.29 bits per heavy atom. The average Bonchev–Trinajstić information content (AvgIpc) is 2.63. The van der Waals surface area contributed by atoms with Gasteiger partial charge in [0.2, 0.25) is 0 Å². The summed E-state index contributed by atoms with van der Waals surface area (Å²) in [4.78, 5) is 14.9.